The fraction of sp³-hybridized carbons (Fsp3) is 0.0500. The molecule has 0 spiro atoms. The molecule has 160 valence electrons. The van der Waals surface area contributed by atoms with Crippen LogP contribution in [0.5, 0.6) is 0 Å². The smallest absolute Gasteiger partial charge is 0.230 e. The van der Waals surface area contributed by atoms with Crippen LogP contribution >= 0.6 is 22.9 Å². The van der Waals surface area contributed by atoms with Gasteiger partial charge in [-0.3, -0.25) is 0 Å². The Morgan fingerprint density at radius 3 is 2.23 bits per heavy atom. The van der Waals surface area contributed by atoms with Crippen molar-refractivity contribution in [3.05, 3.63) is 77.4 Å². The van der Waals surface area contributed by atoms with Crippen LogP contribution in [0, 0.1) is 0 Å². The number of thiophene rings is 1. The van der Waals surface area contributed by atoms with Gasteiger partial charge in [-0.2, -0.15) is 18.3 Å². The average Bonchev–Trinajstić information content (AvgIpc) is 3.35. The number of sulfonamides is 1. The zero-order valence-electron chi connectivity index (χ0n) is 15.5. The minimum Gasteiger partial charge on any atom is -0.230 e. The summed E-state index contributed by atoms with van der Waals surface area (Å²) in [6.45, 7) is 0. The van der Waals surface area contributed by atoms with E-state index in [9.17, 15) is 21.6 Å². The van der Waals surface area contributed by atoms with Crippen molar-refractivity contribution in [1.82, 2.24) is 9.78 Å². The van der Waals surface area contributed by atoms with Crippen LogP contribution in [0.2, 0.25) is 5.02 Å². The first kappa shape index (κ1) is 21.6. The molecule has 0 amide bonds. The molecule has 0 radical (unpaired) electrons. The van der Waals surface area contributed by atoms with Gasteiger partial charge in [-0.15, -0.1) is 11.3 Å². The number of hydrogen-bond donors (Lipinski definition) is 1. The molecule has 4 rings (SSSR count). The number of nitrogens with zero attached hydrogens (tertiary/aromatic N) is 2. The van der Waals surface area contributed by atoms with E-state index in [1.165, 1.54) is 28.2 Å². The number of nitrogens with two attached hydrogens (primary N) is 1. The van der Waals surface area contributed by atoms with Gasteiger partial charge in [0.15, 0.2) is 5.69 Å². The second-order valence-corrected chi connectivity index (χ2v) is 9.56. The molecule has 11 heteroatoms. The van der Waals surface area contributed by atoms with Crippen molar-refractivity contribution in [2.45, 2.75) is 11.1 Å². The summed E-state index contributed by atoms with van der Waals surface area (Å²) in [6.07, 6.45) is -4.62. The van der Waals surface area contributed by atoms with E-state index < -0.39 is 21.9 Å². The molecule has 0 saturated heterocycles. The molecule has 2 aromatic heterocycles. The lowest BCUT2D eigenvalue weighted by molar-refractivity contribution is -0.141. The van der Waals surface area contributed by atoms with Gasteiger partial charge < -0.3 is 0 Å². The molecule has 0 aliphatic heterocycles. The lowest BCUT2D eigenvalue weighted by atomic mass is 10.2. The third-order valence-corrected chi connectivity index (χ3v) is 6.81. The molecule has 4 aromatic rings. The molecule has 5 nitrogen and oxygen atoms in total. The van der Waals surface area contributed by atoms with Gasteiger partial charge in [0.25, 0.3) is 0 Å². The first-order valence-electron chi connectivity index (χ1n) is 8.69. The van der Waals surface area contributed by atoms with Gasteiger partial charge in [0.2, 0.25) is 10.0 Å². The maximum Gasteiger partial charge on any atom is 0.435 e. The molecule has 0 atom stereocenters. The predicted octanol–water partition coefficient (Wildman–Crippen LogP) is 5.59. The van der Waals surface area contributed by atoms with Gasteiger partial charge >= 0.3 is 6.18 Å². The highest BCUT2D eigenvalue weighted by Crippen LogP contribution is 2.39. The predicted molar refractivity (Wildman–Crippen MR) is 114 cm³/mol. The Labute approximate surface area is 184 Å². The van der Waals surface area contributed by atoms with Gasteiger partial charge in [0.05, 0.1) is 26.2 Å². The van der Waals surface area contributed by atoms with E-state index >= 15 is 0 Å². The summed E-state index contributed by atoms with van der Waals surface area (Å²) in [4.78, 5) is 1.24. The number of aromatic nitrogens is 2. The van der Waals surface area contributed by atoms with Crippen molar-refractivity contribution in [2.24, 2.45) is 5.14 Å². The fourth-order valence-corrected chi connectivity index (χ4v) is 4.69. The number of benzene rings is 2. The molecule has 0 aliphatic rings. The van der Waals surface area contributed by atoms with Crippen LogP contribution in [0.1, 0.15) is 5.69 Å². The normalized spacial score (nSPS) is 12.3. The van der Waals surface area contributed by atoms with Crippen LogP contribution < -0.4 is 5.14 Å². The van der Waals surface area contributed by atoms with E-state index in [1.54, 1.807) is 48.5 Å². The number of para-hydroxylation sites is 1. The SMILES string of the molecule is NS(=O)(=O)c1ccc(-c2ccc(-c3cc(C(F)(F)F)nn3-c3ccccc3Cl)s2)cc1. The van der Waals surface area contributed by atoms with Crippen LogP contribution in [-0.2, 0) is 16.2 Å². The van der Waals surface area contributed by atoms with Gasteiger partial charge in [-0.25, -0.2) is 18.2 Å². The summed E-state index contributed by atoms with van der Waals surface area (Å²) in [7, 11) is -3.82. The largest absolute Gasteiger partial charge is 0.435 e. The Morgan fingerprint density at radius 2 is 1.61 bits per heavy atom. The van der Waals surface area contributed by atoms with Gasteiger partial charge in [-0.05, 0) is 48.0 Å². The van der Waals surface area contributed by atoms with Crippen LogP contribution in [0.4, 0.5) is 13.2 Å². The van der Waals surface area contributed by atoms with E-state index in [4.69, 9.17) is 16.7 Å². The highest BCUT2D eigenvalue weighted by atomic mass is 35.5. The zero-order chi connectivity index (χ0) is 22.4. The fourth-order valence-electron chi connectivity index (χ4n) is 2.94. The molecule has 0 unspecified atom stereocenters. The van der Waals surface area contributed by atoms with Crippen molar-refractivity contribution < 1.29 is 21.6 Å². The molecule has 2 heterocycles. The molecule has 31 heavy (non-hydrogen) atoms. The molecule has 0 bridgehead atoms. The molecule has 0 fully saturated rings. The Hall–Kier alpha value is -2.66. The lowest BCUT2D eigenvalue weighted by Gasteiger charge is -2.08. The molecular weight excluding hydrogens is 471 g/mol. The maximum absolute atomic E-state index is 13.4. The van der Waals surface area contributed by atoms with Crippen molar-refractivity contribution in [3.8, 4) is 26.7 Å². The summed E-state index contributed by atoms with van der Waals surface area (Å²) in [6, 6.07) is 16.8. The van der Waals surface area contributed by atoms with E-state index in [2.05, 4.69) is 5.10 Å². The van der Waals surface area contributed by atoms with Crippen LogP contribution in [0.25, 0.3) is 26.7 Å². The van der Waals surface area contributed by atoms with Crippen LogP contribution in [0.15, 0.2) is 71.6 Å². The van der Waals surface area contributed by atoms with Gasteiger partial charge in [-0.1, -0.05) is 35.9 Å². The zero-order valence-corrected chi connectivity index (χ0v) is 17.9. The number of alkyl halides is 3. The van der Waals surface area contributed by atoms with Crippen molar-refractivity contribution in [1.29, 1.82) is 0 Å². The third kappa shape index (κ3) is 4.38. The standard InChI is InChI=1S/C20H13ClF3N3O2S2/c21-14-3-1-2-4-15(14)27-16(11-19(26-27)20(22,23)24)18-10-9-17(30-18)12-5-7-13(8-6-12)31(25,28)29/h1-11H,(H2,25,28,29). The van der Waals surface area contributed by atoms with Crippen molar-refractivity contribution >= 4 is 33.0 Å². The monoisotopic (exact) mass is 483 g/mol. The highest BCUT2D eigenvalue weighted by Gasteiger charge is 2.35. The number of primary sulfonamides is 1. The highest BCUT2D eigenvalue weighted by molar-refractivity contribution is 7.89. The van der Waals surface area contributed by atoms with Crippen molar-refractivity contribution in [3.63, 3.8) is 0 Å². The second kappa shape index (κ2) is 7.79. The van der Waals surface area contributed by atoms with E-state index in [0.717, 1.165) is 10.9 Å². The Kier molecular flexibility index (Phi) is 5.42. The Bertz CT molecular complexity index is 1360. The van der Waals surface area contributed by atoms with Crippen LogP contribution in [0.3, 0.4) is 0 Å². The first-order valence-corrected chi connectivity index (χ1v) is 11.4. The minimum atomic E-state index is -4.62. The molecule has 2 aromatic carbocycles. The summed E-state index contributed by atoms with van der Waals surface area (Å²) < 4.78 is 64.1. The first-order chi connectivity index (χ1) is 14.5. The van der Waals surface area contributed by atoms with E-state index in [1.807, 2.05) is 0 Å². The third-order valence-electron chi connectivity index (χ3n) is 4.41. The van der Waals surface area contributed by atoms with E-state index in [0.29, 0.717) is 16.1 Å². The van der Waals surface area contributed by atoms with Gasteiger partial charge in [0, 0.05) is 4.88 Å². The Morgan fingerprint density at radius 1 is 0.968 bits per heavy atom. The summed E-state index contributed by atoms with van der Waals surface area (Å²) in [5.74, 6) is 0. The maximum atomic E-state index is 13.4. The summed E-state index contributed by atoms with van der Waals surface area (Å²) in [5.41, 5.74) is 0.221. The second-order valence-electron chi connectivity index (χ2n) is 6.51. The molecule has 0 saturated carbocycles. The molecular formula is C20H13ClF3N3O2S2. The quantitative estimate of drug-likeness (QED) is 0.411. The summed E-state index contributed by atoms with van der Waals surface area (Å²) >= 11 is 7.44. The summed E-state index contributed by atoms with van der Waals surface area (Å²) in [5, 5.41) is 9.11. The molecule has 0 aliphatic carbocycles. The minimum absolute atomic E-state index is 0.0281. The van der Waals surface area contributed by atoms with Crippen molar-refractivity contribution in [2.75, 3.05) is 0 Å². The Balaban J connectivity index is 1.80. The van der Waals surface area contributed by atoms with Crippen LogP contribution in [-0.4, -0.2) is 18.2 Å². The number of hydrogen-bond acceptors (Lipinski definition) is 4. The number of halogens is 4. The number of rotatable bonds is 4. The van der Waals surface area contributed by atoms with Gasteiger partial charge in [0.1, 0.15) is 0 Å². The van der Waals surface area contributed by atoms with E-state index in [-0.39, 0.29) is 15.6 Å². The molecule has 2 N–H and O–H groups in total. The average molecular weight is 484 g/mol. The lowest BCUT2D eigenvalue weighted by Crippen LogP contribution is -2.11. The topological polar surface area (TPSA) is 78.0 Å².